The molecule has 206 valence electrons. The molecule has 5 rings (SSSR count). The van der Waals surface area contributed by atoms with Crippen LogP contribution < -0.4 is 5.32 Å². The molecule has 0 atom stereocenters. The molecule has 1 aliphatic heterocycles. The van der Waals surface area contributed by atoms with Gasteiger partial charge in [0, 0.05) is 53.4 Å². The van der Waals surface area contributed by atoms with Crippen LogP contribution in [0.2, 0.25) is 0 Å². The third-order valence-corrected chi connectivity index (χ3v) is 7.34. The molecule has 1 fully saturated rings. The van der Waals surface area contributed by atoms with E-state index in [0.717, 1.165) is 48.5 Å². The number of nitrogens with zero attached hydrogens (tertiary/aromatic N) is 2. The maximum Gasteiger partial charge on any atom is 0.417 e. The summed E-state index contributed by atoms with van der Waals surface area (Å²) in [5.74, 6) is -0.218. The third kappa shape index (κ3) is 6.31. The standard InChI is InChI=1S/C31H32F3N3O.ClH/c1-2-29(38)35-27-15-14-26(31(32,33)34)30(24(27)16-19-36-17-8-9-18-36)25-21-37(20-22-10-4-3-5-11-22)28-13-7-6-12-23(25)28;/h3-7,10-15,21H,2,8-9,16-20H2,1H3,(H,35,38);1H. The SMILES string of the molecule is CCC(=O)Nc1ccc(C(F)(F)F)c(-c2cn(Cc3ccccc3)c3ccccc23)c1CCN1CCCC1.Cl. The van der Waals surface area contributed by atoms with E-state index in [9.17, 15) is 18.0 Å². The lowest BCUT2D eigenvalue weighted by Crippen LogP contribution is -2.23. The van der Waals surface area contributed by atoms with Gasteiger partial charge in [-0.25, -0.2) is 0 Å². The number of carbonyl (C=O) groups excluding carboxylic acids is 1. The molecule has 0 radical (unpaired) electrons. The van der Waals surface area contributed by atoms with Crippen LogP contribution in [0.15, 0.2) is 72.9 Å². The number of benzene rings is 3. The van der Waals surface area contributed by atoms with Crippen molar-refractivity contribution in [1.82, 2.24) is 9.47 Å². The highest BCUT2D eigenvalue weighted by atomic mass is 35.5. The Hall–Kier alpha value is -3.29. The highest BCUT2D eigenvalue weighted by Crippen LogP contribution is 2.44. The number of hydrogen-bond acceptors (Lipinski definition) is 2. The van der Waals surface area contributed by atoms with E-state index in [0.29, 0.717) is 36.3 Å². The Morgan fingerprint density at radius 1 is 0.949 bits per heavy atom. The van der Waals surface area contributed by atoms with E-state index in [2.05, 4.69) is 10.2 Å². The number of anilines is 1. The largest absolute Gasteiger partial charge is 0.417 e. The minimum absolute atomic E-state index is 0. The number of hydrogen-bond donors (Lipinski definition) is 1. The number of likely N-dealkylation sites (tertiary alicyclic amines) is 1. The van der Waals surface area contributed by atoms with Crippen LogP contribution in [0.1, 0.15) is 42.9 Å². The van der Waals surface area contributed by atoms with Crippen molar-refractivity contribution in [3.63, 3.8) is 0 Å². The van der Waals surface area contributed by atoms with E-state index in [4.69, 9.17) is 0 Å². The first kappa shape index (κ1) is 28.7. The van der Waals surface area contributed by atoms with Gasteiger partial charge in [-0.1, -0.05) is 55.5 Å². The maximum atomic E-state index is 14.6. The Labute approximate surface area is 233 Å². The van der Waals surface area contributed by atoms with Crippen LogP contribution in [0, 0.1) is 0 Å². The number of fused-ring (bicyclic) bond motifs is 1. The van der Waals surface area contributed by atoms with Gasteiger partial charge in [0.2, 0.25) is 5.91 Å². The summed E-state index contributed by atoms with van der Waals surface area (Å²) < 4.78 is 45.7. The number of rotatable bonds is 8. The van der Waals surface area contributed by atoms with Gasteiger partial charge in [0.05, 0.1) is 5.56 Å². The van der Waals surface area contributed by atoms with Gasteiger partial charge in [-0.2, -0.15) is 13.2 Å². The molecule has 0 aliphatic carbocycles. The van der Waals surface area contributed by atoms with Crippen molar-refractivity contribution in [2.45, 2.75) is 45.3 Å². The molecule has 2 heterocycles. The molecule has 1 aromatic heterocycles. The molecular formula is C31H33ClF3N3O. The first-order valence-electron chi connectivity index (χ1n) is 13.2. The van der Waals surface area contributed by atoms with E-state index >= 15 is 0 Å². The second-order valence-corrected chi connectivity index (χ2v) is 9.89. The lowest BCUT2D eigenvalue weighted by Gasteiger charge is -2.23. The molecule has 39 heavy (non-hydrogen) atoms. The molecule has 4 nitrogen and oxygen atoms in total. The van der Waals surface area contributed by atoms with Gasteiger partial charge in [0.25, 0.3) is 0 Å². The van der Waals surface area contributed by atoms with Gasteiger partial charge in [-0.3, -0.25) is 4.79 Å². The molecule has 0 saturated carbocycles. The summed E-state index contributed by atoms with van der Waals surface area (Å²) in [6.07, 6.45) is 0.152. The second-order valence-electron chi connectivity index (χ2n) is 9.89. The summed E-state index contributed by atoms with van der Waals surface area (Å²) in [6, 6.07) is 20.0. The Kier molecular flexibility index (Phi) is 9.03. The van der Waals surface area contributed by atoms with Gasteiger partial charge in [-0.05, 0) is 61.7 Å². The molecule has 8 heteroatoms. The van der Waals surface area contributed by atoms with Crippen LogP contribution >= 0.6 is 12.4 Å². The predicted molar refractivity (Wildman–Crippen MR) is 153 cm³/mol. The second kappa shape index (κ2) is 12.3. The molecule has 0 spiro atoms. The average molecular weight is 556 g/mol. The summed E-state index contributed by atoms with van der Waals surface area (Å²) in [7, 11) is 0. The minimum atomic E-state index is -4.55. The Balaban J connectivity index is 0.00000353. The van der Waals surface area contributed by atoms with Gasteiger partial charge >= 0.3 is 6.18 Å². The Bertz CT molecular complexity index is 1430. The van der Waals surface area contributed by atoms with Crippen molar-refractivity contribution in [3.8, 4) is 11.1 Å². The lowest BCUT2D eigenvalue weighted by atomic mass is 9.90. The third-order valence-electron chi connectivity index (χ3n) is 7.34. The average Bonchev–Trinajstić information content (AvgIpc) is 3.56. The summed E-state index contributed by atoms with van der Waals surface area (Å²) in [5.41, 5.74) is 2.95. The number of para-hydroxylation sites is 1. The van der Waals surface area contributed by atoms with Crippen molar-refractivity contribution in [2.24, 2.45) is 0 Å². The fraction of sp³-hybridized carbons (Fsp3) is 0.323. The predicted octanol–water partition coefficient (Wildman–Crippen LogP) is 7.78. The molecule has 0 unspecified atom stereocenters. The summed E-state index contributed by atoms with van der Waals surface area (Å²) in [4.78, 5) is 14.7. The normalized spacial score (nSPS) is 13.9. The summed E-state index contributed by atoms with van der Waals surface area (Å²) in [6.45, 7) is 4.81. The Morgan fingerprint density at radius 2 is 1.64 bits per heavy atom. The minimum Gasteiger partial charge on any atom is -0.342 e. The number of alkyl halides is 3. The van der Waals surface area contributed by atoms with Crippen molar-refractivity contribution >= 4 is 34.9 Å². The first-order chi connectivity index (χ1) is 18.3. The number of halogens is 4. The zero-order valence-corrected chi connectivity index (χ0v) is 22.7. The van der Waals surface area contributed by atoms with Gasteiger partial charge < -0.3 is 14.8 Å². The van der Waals surface area contributed by atoms with Crippen molar-refractivity contribution in [3.05, 3.63) is 89.6 Å². The molecule has 1 N–H and O–H groups in total. The molecule has 1 aliphatic rings. The molecule has 1 amide bonds. The monoisotopic (exact) mass is 555 g/mol. The first-order valence-corrected chi connectivity index (χ1v) is 13.2. The quantitative estimate of drug-likeness (QED) is 0.241. The Morgan fingerprint density at radius 3 is 2.33 bits per heavy atom. The van der Waals surface area contributed by atoms with Crippen LogP contribution in [0.25, 0.3) is 22.0 Å². The molecular weight excluding hydrogens is 523 g/mol. The van der Waals surface area contributed by atoms with E-state index < -0.39 is 11.7 Å². The van der Waals surface area contributed by atoms with Crippen LogP contribution in [-0.2, 0) is 23.9 Å². The fourth-order valence-electron chi connectivity index (χ4n) is 5.44. The van der Waals surface area contributed by atoms with Crippen LogP contribution in [0.3, 0.4) is 0 Å². The highest BCUT2D eigenvalue weighted by Gasteiger charge is 2.36. The zero-order chi connectivity index (χ0) is 26.7. The van der Waals surface area contributed by atoms with Crippen LogP contribution in [0.5, 0.6) is 0 Å². The summed E-state index contributed by atoms with van der Waals surface area (Å²) in [5, 5.41) is 3.65. The molecule has 3 aromatic carbocycles. The van der Waals surface area contributed by atoms with Gasteiger partial charge in [0.1, 0.15) is 0 Å². The molecule has 0 bridgehead atoms. The lowest BCUT2D eigenvalue weighted by molar-refractivity contribution is -0.137. The zero-order valence-electron chi connectivity index (χ0n) is 21.9. The topological polar surface area (TPSA) is 37.3 Å². The fourth-order valence-corrected chi connectivity index (χ4v) is 5.44. The van der Waals surface area contributed by atoms with E-state index in [1.165, 1.54) is 6.07 Å². The van der Waals surface area contributed by atoms with Crippen molar-refractivity contribution in [2.75, 3.05) is 25.0 Å². The van der Waals surface area contributed by atoms with Crippen molar-refractivity contribution < 1.29 is 18.0 Å². The van der Waals surface area contributed by atoms with E-state index in [-0.39, 0.29) is 30.3 Å². The van der Waals surface area contributed by atoms with Crippen molar-refractivity contribution in [1.29, 1.82) is 0 Å². The number of nitrogens with one attached hydrogen (secondary N) is 1. The highest BCUT2D eigenvalue weighted by molar-refractivity contribution is 6.00. The smallest absolute Gasteiger partial charge is 0.342 e. The molecule has 4 aromatic rings. The maximum absolute atomic E-state index is 14.6. The van der Waals surface area contributed by atoms with Gasteiger partial charge in [-0.15, -0.1) is 12.4 Å². The number of amides is 1. The van der Waals surface area contributed by atoms with Crippen LogP contribution in [0.4, 0.5) is 18.9 Å². The number of aromatic nitrogens is 1. The molecule has 1 saturated heterocycles. The summed E-state index contributed by atoms with van der Waals surface area (Å²) >= 11 is 0. The number of carbonyl (C=O) groups is 1. The van der Waals surface area contributed by atoms with E-state index in [1.54, 1.807) is 6.92 Å². The van der Waals surface area contributed by atoms with E-state index in [1.807, 2.05) is 65.4 Å². The van der Waals surface area contributed by atoms with Gasteiger partial charge in [0.15, 0.2) is 0 Å². The van der Waals surface area contributed by atoms with Crippen LogP contribution in [-0.4, -0.2) is 35.0 Å².